The van der Waals surface area contributed by atoms with Crippen molar-refractivity contribution in [2.24, 2.45) is 0 Å². The number of hydrogen-bond donors (Lipinski definition) is 1. The van der Waals surface area contributed by atoms with E-state index in [-0.39, 0.29) is 5.75 Å². The second-order valence-corrected chi connectivity index (χ2v) is 8.13. The highest BCUT2D eigenvalue weighted by Crippen LogP contribution is 2.25. The van der Waals surface area contributed by atoms with Crippen molar-refractivity contribution in [1.82, 2.24) is 9.38 Å². The maximum Gasteiger partial charge on any atom is 0.235 e. The van der Waals surface area contributed by atoms with Crippen LogP contribution >= 0.6 is 0 Å². The fourth-order valence-electron chi connectivity index (χ4n) is 3.16. The molecule has 0 unspecified atom stereocenters. The molecule has 26 heavy (non-hydrogen) atoms. The average molecular weight is 367 g/mol. The number of pyridine rings is 1. The lowest BCUT2D eigenvalue weighted by molar-refractivity contribution is 0.599. The van der Waals surface area contributed by atoms with Crippen LogP contribution in [0, 0.1) is 11.3 Å². The van der Waals surface area contributed by atoms with Crippen molar-refractivity contribution in [1.29, 1.82) is 5.26 Å². The Morgan fingerprint density at radius 3 is 2.88 bits per heavy atom. The third-order valence-electron chi connectivity index (χ3n) is 4.39. The molecule has 0 aliphatic carbocycles. The Hall–Kier alpha value is -3.05. The molecule has 0 radical (unpaired) electrons. The van der Waals surface area contributed by atoms with E-state index >= 15 is 0 Å². The van der Waals surface area contributed by atoms with Gasteiger partial charge in [-0.2, -0.15) is 5.26 Å². The highest BCUT2D eigenvalue weighted by Gasteiger charge is 2.28. The van der Waals surface area contributed by atoms with Crippen LogP contribution in [0.2, 0.25) is 0 Å². The summed E-state index contributed by atoms with van der Waals surface area (Å²) >= 11 is 0. The highest BCUT2D eigenvalue weighted by molar-refractivity contribution is 7.93. The number of nitrogens with one attached hydrogen (secondary N) is 1. The molecular formula is C18H17N5O2S. The molecule has 8 heteroatoms. The van der Waals surface area contributed by atoms with Crippen molar-refractivity contribution in [2.45, 2.75) is 13.0 Å². The number of aromatic nitrogens is 2. The van der Waals surface area contributed by atoms with Crippen LogP contribution in [0.4, 0.5) is 11.5 Å². The lowest BCUT2D eigenvalue weighted by atomic mass is 10.2. The maximum atomic E-state index is 12.1. The highest BCUT2D eigenvalue weighted by atomic mass is 32.2. The molecule has 132 valence electrons. The molecule has 1 aliphatic heterocycles. The predicted molar refractivity (Wildman–Crippen MR) is 99.4 cm³/mol. The van der Waals surface area contributed by atoms with Crippen molar-refractivity contribution in [2.75, 3.05) is 21.9 Å². The second-order valence-electron chi connectivity index (χ2n) is 6.11. The van der Waals surface area contributed by atoms with Gasteiger partial charge in [-0.25, -0.2) is 13.4 Å². The normalized spacial score (nSPS) is 15.9. The first kappa shape index (κ1) is 16.4. The van der Waals surface area contributed by atoms with E-state index in [0.29, 0.717) is 42.4 Å². The SMILES string of the molecule is N#Cc1c(NCc2cccc(N3CCCS3(=O)=O)c2)nc2ccccn12. The summed E-state index contributed by atoms with van der Waals surface area (Å²) in [5.41, 5.74) is 2.74. The van der Waals surface area contributed by atoms with Gasteiger partial charge >= 0.3 is 0 Å². The van der Waals surface area contributed by atoms with E-state index in [0.717, 1.165) is 5.56 Å². The molecule has 2 aromatic heterocycles. The van der Waals surface area contributed by atoms with Gasteiger partial charge < -0.3 is 5.32 Å². The third kappa shape index (κ3) is 2.86. The molecule has 3 heterocycles. The topological polar surface area (TPSA) is 90.5 Å². The van der Waals surface area contributed by atoms with Gasteiger partial charge in [-0.15, -0.1) is 0 Å². The zero-order chi connectivity index (χ0) is 18.1. The summed E-state index contributed by atoms with van der Waals surface area (Å²) in [6.07, 6.45) is 2.45. The summed E-state index contributed by atoms with van der Waals surface area (Å²) in [4.78, 5) is 4.44. The number of sulfonamides is 1. The number of nitrogens with zero attached hydrogens (tertiary/aromatic N) is 4. The van der Waals surface area contributed by atoms with Gasteiger partial charge in [0.25, 0.3) is 0 Å². The maximum absolute atomic E-state index is 12.1. The monoisotopic (exact) mass is 367 g/mol. The number of nitriles is 1. The summed E-state index contributed by atoms with van der Waals surface area (Å²) < 4.78 is 27.4. The minimum absolute atomic E-state index is 0.197. The number of fused-ring (bicyclic) bond motifs is 1. The first-order valence-corrected chi connectivity index (χ1v) is 9.90. The van der Waals surface area contributed by atoms with E-state index in [1.54, 1.807) is 16.7 Å². The molecule has 0 spiro atoms. The van der Waals surface area contributed by atoms with E-state index in [1.165, 1.54) is 4.31 Å². The minimum Gasteiger partial charge on any atom is -0.364 e. The molecule has 3 aromatic rings. The van der Waals surface area contributed by atoms with Gasteiger partial charge in [0.2, 0.25) is 10.0 Å². The van der Waals surface area contributed by atoms with Crippen LogP contribution in [0.5, 0.6) is 0 Å². The minimum atomic E-state index is -3.20. The molecule has 7 nitrogen and oxygen atoms in total. The fraction of sp³-hybridized carbons (Fsp3) is 0.222. The lowest BCUT2D eigenvalue weighted by Crippen LogP contribution is -2.25. The number of rotatable bonds is 4. The van der Waals surface area contributed by atoms with Crippen molar-refractivity contribution in [3.63, 3.8) is 0 Å². The number of hydrogen-bond acceptors (Lipinski definition) is 5. The predicted octanol–water partition coefficient (Wildman–Crippen LogP) is 2.36. The summed E-state index contributed by atoms with van der Waals surface area (Å²) in [5, 5.41) is 12.6. The van der Waals surface area contributed by atoms with Crippen LogP contribution in [0.3, 0.4) is 0 Å². The first-order valence-electron chi connectivity index (χ1n) is 8.29. The van der Waals surface area contributed by atoms with Gasteiger partial charge in [-0.3, -0.25) is 8.71 Å². The summed E-state index contributed by atoms with van der Waals surface area (Å²) in [5.74, 6) is 0.709. The van der Waals surface area contributed by atoms with E-state index in [4.69, 9.17) is 0 Å². The van der Waals surface area contributed by atoms with Gasteiger partial charge in [0, 0.05) is 19.3 Å². The van der Waals surface area contributed by atoms with Crippen LogP contribution < -0.4 is 9.62 Å². The molecular weight excluding hydrogens is 350 g/mol. The van der Waals surface area contributed by atoms with Crippen LogP contribution in [-0.2, 0) is 16.6 Å². The van der Waals surface area contributed by atoms with Crippen molar-refractivity contribution in [3.8, 4) is 6.07 Å². The molecule has 0 amide bonds. The fourth-order valence-corrected chi connectivity index (χ4v) is 4.72. The largest absolute Gasteiger partial charge is 0.364 e. The molecule has 0 atom stereocenters. The summed E-state index contributed by atoms with van der Waals surface area (Å²) in [7, 11) is -3.20. The van der Waals surface area contributed by atoms with Gasteiger partial charge in [-0.1, -0.05) is 18.2 Å². The Morgan fingerprint density at radius 1 is 1.23 bits per heavy atom. The molecule has 1 fully saturated rings. The zero-order valence-corrected chi connectivity index (χ0v) is 14.8. The van der Waals surface area contributed by atoms with Crippen LogP contribution in [0.15, 0.2) is 48.7 Å². The Labute approximate surface area is 151 Å². The molecule has 1 N–H and O–H groups in total. The standard InChI is InChI=1S/C18H17N5O2S/c19-12-16-18(21-17-7-1-2-8-22(16)17)20-13-14-5-3-6-15(11-14)23-9-4-10-26(23,24)25/h1-3,5-8,11,20H,4,9-10,13H2. The molecule has 1 aromatic carbocycles. The molecule has 4 rings (SSSR count). The Balaban J connectivity index is 1.58. The van der Waals surface area contributed by atoms with Crippen LogP contribution in [-0.4, -0.2) is 30.1 Å². The first-order chi connectivity index (χ1) is 12.6. The molecule has 0 bridgehead atoms. The lowest BCUT2D eigenvalue weighted by Gasteiger charge is -2.17. The number of anilines is 2. The van der Waals surface area contributed by atoms with Gasteiger partial charge in [0.05, 0.1) is 11.4 Å². The molecule has 0 saturated carbocycles. The van der Waals surface area contributed by atoms with Crippen molar-refractivity contribution in [3.05, 3.63) is 59.9 Å². The van der Waals surface area contributed by atoms with Crippen molar-refractivity contribution < 1.29 is 8.42 Å². The van der Waals surface area contributed by atoms with Crippen molar-refractivity contribution >= 4 is 27.2 Å². The van der Waals surface area contributed by atoms with E-state index in [9.17, 15) is 13.7 Å². The zero-order valence-electron chi connectivity index (χ0n) is 14.0. The quantitative estimate of drug-likeness (QED) is 0.764. The second kappa shape index (κ2) is 6.35. The van der Waals surface area contributed by atoms with Crippen LogP contribution in [0.25, 0.3) is 5.65 Å². The average Bonchev–Trinajstić information content (AvgIpc) is 3.19. The smallest absolute Gasteiger partial charge is 0.235 e. The van der Waals surface area contributed by atoms with E-state index < -0.39 is 10.0 Å². The molecule has 1 aliphatic rings. The van der Waals surface area contributed by atoms with Crippen LogP contribution in [0.1, 0.15) is 17.7 Å². The Kier molecular flexibility index (Phi) is 4.01. The van der Waals surface area contributed by atoms with E-state index in [1.807, 2.05) is 36.4 Å². The number of imidazole rings is 1. The number of benzene rings is 1. The summed E-state index contributed by atoms with van der Waals surface area (Å²) in [6, 6.07) is 15.1. The van der Waals surface area contributed by atoms with Gasteiger partial charge in [-0.05, 0) is 36.2 Å². The Morgan fingerprint density at radius 2 is 2.12 bits per heavy atom. The van der Waals surface area contributed by atoms with Gasteiger partial charge in [0.15, 0.2) is 11.5 Å². The third-order valence-corrected chi connectivity index (χ3v) is 6.26. The Bertz CT molecular complexity index is 1110. The molecule has 1 saturated heterocycles. The van der Waals surface area contributed by atoms with E-state index in [2.05, 4.69) is 16.4 Å². The summed E-state index contributed by atoms with van der Waals surface area (Å²) in [6.45, 7) is 0.963. The van der Waals surface area contributed by atoms with Gasteiger partial charge in [0.1, 0.15) is 11.7 Å².